The lowest BCUT2D eigenvalue weighted by molar-refractivity contribution is 0.194. The molecule has 0 fully saturated rings. The zero-order valence-corrected chi connectivity index (χ0v) is 12.3. The summed E-state index contributed by atoms with van der Waals surface area (Å²) in [5, 5.41) is 4.41. The highest BCUT2D eigenvalue weighted by Crippen LogP contribution is 2.34. The normalized spacial score (nSPS) is 10.7. The minimum Gasteiger partial charge on any atom is -0.491 e. The Bertz CT molecular complexity index is 349. The third kappa shape index (κ3) is 5.02. The fraction of sp³-hybridized carbons (Fsp3) is 0.538. The standard InChI is InChI=1S/C13H19Cl2NO2/c1-3-18-13-11(14)7-10(8-12(13)15)9-16-5-4-6-17-2/h7-8,16H,3-6,9H2,1-2H3. The summed E-state index contributed by atoms with van der Waals surface area (Å²) in [7, 11) is 1.70. The first-order valence-electron chi connectivity index (χ1n) is 5.99. The van der Waals surface area contributed by atoms with E-state index in [-0.39, 0.29) is 0 Å². The minimum absolute atomic E-state index is 0.550. The monoisotopic (exact) mass is 291 g/mol. The second-order valence-electron chi connectivity index (χ2n) is 3.84. The molecule has 0 saturated carbocycles. The maximum absolute atomic E-state index is 6.12. The van der Waals surface area contributed by atoms with Crippen molar-refractivity contribution in [3.05, 3.63) is 27.7 Å². The lowest BCUT2D eigenvalue weighted by atomic mass is 10.2. The lowest BCUT2D eigenvalue weighted by Gasteiger charge is -2.11. The number of benzene rings is 1. The average Bonchev–Trinajstić information content (AvgIpc) is 2.33. The molecule has 102 valence electrons. The molecule has 0 atom stereocenters. The highest BCUT2D eigenvalue weighted by atomic mass is 35.5. The van der Waals surface area contributed by atoms with Crippen molar-refractivity contribution in [2.75, 3.05) is 26.9 Å². The van der Waals surface area contributed by atoms with E-state index in [1.54, 1.807) is 7.11 Å². The van der Waals surface area contributed by atoms with Crippen LogP contribution in [-0.2, 0) is 11.3 Å². The van der Waals surface area contributed by atoms with Crippen LogP contribution in [0.4, 0.5) is 0 Å². The molecule has 0 aliphatic carbocycles. The molecule has 1 rings (SSSR count). The Balaban J connectivity index is 2.52. The Kier molecular flexibility index (Phi) is 7.44. The van der Waals surface area contributed by atoms with E-state index in [1.165, 1.54) is 0 Å². The van der Waals surface area contributed by atoms with Crippen LogP contribution in [0.3, 0.4) is 0 Å². The van der Waals surface area contributed by atoms with Gasteiger partial charge in [-0.2, -0.15) is 0 Å². The number of rotatable bonds is 8. The summed E-state index contributed by atoms with van der Waals surface area (Å²) in [5.74, 6) is 0.559. The molecule has 0 unspecified atom stereocenters. The number of halogens is 2. The van der Waals surface area contributed by atoms with Crippen LogP contribution in [0.1, 0.15) is 18.9 Å². The predicted molar refractivity (Wildman–Crippen MR) is 75.8 cm³/mol. The third-order valence-corrected chi connectivity index (χ3v) is 2.94. The molecular formula is C13H19Cl2NO2. The Labute approximate surface area is 118 Å². The number of hydrogen-bond donors (Lipinski definition) is 1. The highest BCUT2D eigenvalue weighted by molar-refractivity contribution is 6.37. The van der Waals surface area contributed by atoms with Crippen molar-refractivity contribution >= 4 is 23.2 Å². The largest absolute Gasteiger partial charge is 0.491 e. The van der Waals surface area contributed by atoms with Gasteiger partial charge < -0.3 is 14.8 Å². The molecule has 0 amide bonds. The van der Waals surface area contributed by atoms with E-state index >= 15 is 0 Å². The molecule has 3 nitrogen and oxygen atoms in total. The first kappa shape index (κ1) is 15.6. The summed E-state index contributed by atoms with van der Waals surface area (Å²) < 4.78 is 10.4. The summed E-state index contributed by atoms with van der Waals surface area (Å²) in [6.07, 6.45) is 0.981. The first-order valence-corrected chi connectivity index (χ1v) is 6.75. The quantitative estimate of drug-likeness (QED) is 0.744. The Morgan fingerprint density at radius 3 is 2.44 bits per heavy atom. The predicted octanol–water partition coefficient (Wildman–Crippen LogP) is 3.52. The summed E-state index contributed by atoms with van der Waals surface area (Å²) in [5.41, 5.74) is 1.05. The second-order valence-corrected chi connectivity index (χ2v) is 4.66. The van der Waals surface area contributed by atoms with Crippen LogP contribution in [-0.4, -0.2) is 26.9 Å². The van der Waals surface area contributed by atoms with Gasteiger partial charge in [-0.3, -0.25) is 0 Å². The highest BCUT2D eigenvalue weighted by Gasteiger charge is 2.08. The van der Waals surface area contributed by atoms with Gasteiger partial charge in [-0.25, -0.2) is 0 Å². The molecule has 0 aliphatic heterocycles. The third-order valence-electron chi connectivity index (χ3n) is 2.38. The second kappa shape index (κ2) is 8.59. The van der Waals surface area contributed by atoms with Crippen LogP contribution >= 0.6 is 23.2 Å². The van der Waals surface area contributed by atoms with Crippen molar-refractivity contribution in [3.8, 4) is 5.75 Å². The molecule has 0 saturated heterocycles. The van der Waals surface area contributed by atoms with E-state index in [0.29, 0.717) is 22.4 Å². The smallest absolute Gasteiger partial charge is 0.156 e. The number of hydrogen-bond acceptors (Lipinski definition) is 3. The van der Waals surface area contributed by atoms with Gasteiger partial charge in [0.1, 0.15) is 0 Å². The molecule has 0 bridgehead atoms. The molecule has 0 radical (unpaired) electrons. The maximum Gasteiger partial charge on any atom is 0.156 e. The maximum atomic E-state index is 6.12. The van der Waals surface area contributed by atoms with Gasteiger partial charge in [0.15, 0.2) is 5.75 Å². The van der Waals surface area contributed by atoms with E-state index in [9.17, 15) is 0 Å². The molecule has 0 heterocycles. The zero-order valence-electron chi connectivity index (χ0n) is 10.8. The Morgan fingerprint density at radius 2 is 1.89 bits per heavy atom. The van der Waals surface area contributed by atoms with E-state index in [2.05, 4.69) is 5.32 Å². The molecule has 5 heteroatoms. The van der Waals surface area contributed by atoms with Gasteiger partial charge in [0.25, 0.3) is 0 Å². The summed E-state index contributed by atoms with van der Waals surface area (Å²) in [6, 6.07) is 3.75. The topological polar surface area (TPSA) is 30.5 Å². The van der Waals surface area contributed by atoms with Gasteiger partial charge in [0.2, 0.25) is 0 Å². The Morgan fingerprint density at radius 1 is 1.22 bits per heavy atom. The van der Waals surface area contributed by atoms with Crippen LogP contribution < -0.4 is 10.1 Å². The fourth-order valence-electron chi connectivity index (χ4n) is 1.57. The van der Waals surface area contributed by atoms with Crippen LogP contribution in [0, 0.1) is 0 Å². The van der Waals surface area contributed by atoms with E-state index in [1.807, 2.05) is 19.1 Å². The fourth-order valence-corrected chi connectivity index (χ4v) is 2.21. The van der Waals surface area contributed by atoms with Crippen LogP contribution in [0.25, 0.3) is 0 Å². The number of methoxy groups -OCH3 is 1. The van der Waals surface area contributed by atoms with Gasteiger partial charge in [0.05, 0.1) is 16.7 Å². The molecule has 0 aliphatic rings. The van der Waals surface area contributed by atoms with Crippen molar-refractivity contribution in [2.24, 2.45) is 0 Å². The Hall–Kier alpha value is -0.480. The molecule has 1 aromatic rings. The molecular weight excluding hydrogens is 273 g/mol. The van der Waals surface area contributed by atoms with E-state index in [4.69, 9.17) is 32.7 Å². The summed E-state index contributed by atoms with van der Waals surface area (Å²) in [4.78, 5) is 0. The van der Waals surface area contributed by atoms with Crippen molar-refractivity contribution in [3.63, 3.8) is 0 Å². The summed E-state index contributed by atoms with van der Waals surface area (Å²) in [6.45, 7) is 4.84. The van der Waals surface area contributed by atoms with Crippen molar-refractivity contribution in [1.82, 2.24) is 5.32 Å². The van der Waals surface area contributed by atoms with Gasteiger partial charge >= 0.3 is 0 Å². The molecule has 1 N–H and O–H groups in total. The number of ether oxygens (including phenoxy) is 2. The van der Waals surface area contributed by atoms with E-state index in [0.717, 1.165) is 31.7 Å². The lowest BCUT2D eigenvalue weighted by Crippen LogP contribution is -2.16. The number of nitrogens with one attached hydrogen (secondary N) is 1. The van der Waals surface area contributed by atoms with Crippen molar-refractivity contribution in [2.45, 2.75) is 19.9 Å². The zero-order chi connectivity index (χ0) is 13.4. The van der Waals surface area contributed by atoms with Crippen LogP contribution in [0.2, 0.25) is 10.0 Å². The molecule has 18 heavy (non-hydrogen) atoms. The molecule has 0 aromatic heterocycles. The van der Waals surface area contributed by atoms with Crippen molar-refractivity contribution in [1.29, 1.82) is 0 Å². The van der Waals surface area contributed by atoms with E-state index < -0.39 is 0 Å². The van der Waals surface area contributed by atoms with Gasteiger partial charge in [-0.05, 0) is 37.6 Å². The van der Waals surface area contributed by atoms with Crippen LogP contribution in [0.5, 0.6) is 5.75 Å². The molecule has 0 spiro atoms. The van der Waals surface area contributed by atoms with Gasteiger partial charge in [-0.1, -0.05) is 23.2 Å². The summed E-state index contributed by atoms with van der Waals surface area (Å²) >= 11 is 12.2. The average molecular weight is 292 g/mol. The van der Waals surface area contributed by atoms with Crippen LogP contribution in [0.15, 0.2) is 12.1 Å². The van der Waals surface area contributed by atoms with Gasteiger partial charge in [0, 0.05) is 20.3 Å². The SMILES string of the molecule is CCOc1c(Cl)cc(CNCCCOC)cc1Cl. The van der Waals surface area contributed by atoms with Crippen molar-refractivity contribution < 1.29 is 9.47 Å². The van der Waals surface area contributed by atoms with Gasteiger partial charge in [-0.15, -0.1) is 0 Å². The molecule has 1 aromatic carbocycles. The first-order chi connectivity index (χ1) is 8.69. The minimum atomic E-state index is 0.550.